The summed E-state index contributed by atoms with van der Waals surface area (Å²) in [5.41, 5.74) is 1.57. The Balaban J connectivity index is 2.10. The highest BCUT2D eigenvalue weighted by Crippen LogP contribution is 2.14. The Morgan fingerprint density at radius 2 is 2.35 bits per heavy atom. The van der Waals surface area contributed by atoms with Crippen LogP contribution in [0.1, 0.15) is 12.8 Å². The van der Waals surface area contributed by atoms with E-state index >= 15 is 0 Å². The predicted octanol–water partition coefficient (Wildman–Crippen LogP) is 1.54. The lowest BCUT2D eigenvalue weighted by molar-refractivity contribution is 0.653. The molecule has 0 bridgehead atoms. The van der Waals surface area contributed by atoms with Gasteiger partial charge in [-0.1, -0.05) is 0 Å². The SMILES string of the molecule is N#CCCCn1cnc(-c2ccc(=O)[nH]c2)c1. The number of hydrogen-bond acceptors (Lipinski definition) is 3. The minimum Gasteiger partial charge on any atom is -0.337 e. The Morgan fingerprint density at radius 3 is 3.06 bits per heavy atom. The van der Waals surface area contributed by atoms with Gasteiger partial charge in [0.1, 0.15) is 0 Å². The number of rotatable bonds is 4. The molecule has 5 heteroatoms. The standard InChI is InChI=1S/C12H12N4O/c13-5-1-2-6-16-8-11(15-9-16)10-3-4-12(17)14-7-10/h3-4,7-9H,1-2,6H2,(H,14,17). The Morgan fingerprint density at radius 1 is 1.47 bits per heavy atom. The number of unbranched alkanes of at least 4 members (excludes halogenated alkanes) is 1. The second-order valence-electron chi connectivity index (χ2n) is 3.70. The lowest BCUT2D eigenvalue weighted by atomic mass is 10.2. The maximum absolute atomic E-state index is 10.9. The van der Waals surface area contributed by atoms with Crippen molar-refractivity contribution in [1.29, 1.82) is 5.26 Å². The van der Waals surface area contributed by atoms with Crippen molar-refractivity contribution in [3.8, 4) is 17.3 Å². The van der Waals surface area contributed by atoms with Gasteiger partial charge in [-0.15, -0.1) is 0 Å². The number of aryl methyl sites for hydroxylation is 1. The second-order valence-corrected chi connectivity index (χ2v) is 3.70. The molecule has 0 aromatic carbocycles. The third kappa shape index (κ3) is 2.82. The Kier molecular flexibility index (Phi) is 3.36. The van der Waals surface area contributed by atoms with E-state index in [2.05, 4.69) is 16.0 Å². The molecule has 0 aliphatic rings. The molecular formula is C12H12N4O. The number of aromatic nitrogens is 3. The number of H-pyrrole nitrogens is 1. The number of aromatic amines is 1. The van der Waals surface area contributed by atoms with Crippen molar-refractivity contribution in [3.05, 3.63) is 41.2 Å². The number of pyridine rings is 1. The van der Waals surface area contributed by atoms with Crippen LogP contribution in [0.3, 0.4) is 0 Å². The summed E-state index contributed by atoms with van der Waals surface area (Å²) in [6, 6.07) is 5.32. The van der Waals surface area contributed by atoms with Crippen LogP contribution < -0.4 is 5.56 Å². The Bertz CT molecular complexity index is 571. The van der Waals surface area contributed by atoms with E-state index in [-0.39, 0.29) is 5.56 Å². The van der Waals surface area contributed by atoms with E-state index in [1.165, 1.54) is 6.07 Å². The van der Waals surface area contributed by atoms with E-state index in [0.29, 0.717) is 6.42 Å². The van der Waals surface area contributed by atoms with Crippen LogP contribution in [0.5, 0.6) is 0 Å². The summed E-state index contributed by atoms with van der Waals surface area (Å²) < 4.78 is 1.94. The number of hydrogen-bond donors (Lipinski definition) is 1. The van der Waals surface area contributed by atoms with Gasteiger partial charge in [-0.25, -0.2) is 4.98 Å². The second kappa shape index (κ2) is 5.12. The first-order valence-electron chi connectivity index (χ1n) is 5.37. The molecule has 0 aliphatic heterocycles. The van der Waals surface area contributed by atoms with Gasteiger partial charge in [-0.05, 0) is 12.5 Å². The first-order valence-corrected chi connectivity index (χ1v) is 5.37. The van der Waals surface area contributed by atoms with Crippen molar-refractivity contribution >= 4 is 0 Å². The van der Waals surface area contributed by atoms with Gasteiger partial charge in [0.05, 0.1) is 18.1 Å². The number of nitrogens with zero attached hydrogens (tertiary/aromatic N) is 3. The van der Waals surface area contributed by atoms with Crippen LogP contribution in [0.4, 0.5) is 0 Å². The Labute approximate surface area is 98.4 Å². The molecule has 0 radical (unpaired) electrons. The molecule has 0 unspecified atom stereocenters. The first-order chi connectivity index (χ1) is 8.29. The zero-order valence-corrected chi connectivity index (χ0v) is 9.26. The topological polar surface area (TPSA) is 74.5 Å². The molecule has 2 aromatic heterocycles. The van der Waals surface area contributed by atoms with Gasteiger partial charge >= 0.3 is 0 Å². The quantitative estimate of drug-likeness (QED) is 0.806. The maximum atomic E-state index is 10.9. The van der Waals surface area contributed by atoms with Crippen LogP contribution in [0.15, 0.2) is 35.6 Å². The average Bonchev–Trinajstić information content (AvgIpc) is 2.79. The third-order valence-corrected chi connectivity index (χ3v) is 2.42. The average molecular weight is 228 g/mol. The van der Waals surface area contributed by atoms with E-state index in [1.54, 1.807) is 18.6 Å². The molecular weight excluding hydrogens is 216 g/mol. The summed E-state index contributed by atoms with van der Waals surface area (Å²) in [6.45, 7) is 0.782. The zero-order chi connectivity index (χ0) is 12.1. The number of imidazole rings is 1. The summed E-state index contributed by atoms with van der Waals surface area (Å²) in [4.78, 5) is 17.8. The van der Waals surface area contributed by atoms with Crippen LogP contribution in [-0.2, 0) is 6.54 Å². The summed E-state index contributed by atoms with van der Waals surface area (Å²) in [5, 5.41) is 8.44. The van der Waals surface area contributed by atoms with E-state index in [9.17, 15) is 4.79 Å². The van der Waals surface area contributed by atoms with Crippen LogP contribution in [0.25, 0.3) is 11.3 Å². The summed E-state index contributed by atoms with van der Waals surface area (Å²) in [5.74, 6) is 0. The number of nitrogens with one attached hydrogen (secondary N) is 1. The summed E-state index contributed by atoms with van der Waals surface area (Å²) >= 11 is 0. The van der Waals surface area contributed by atoms with Crippen molar-refractivity contribution < 1.29 is 0 Å². The minimum atomic E-state index is -0.123. The van der Waals surface area contributed by atoms with E-state index in [1.807, 2.05) is 10.8 Å². The van der Waals surface area contributed by atoms with E-state index in [4.69, 9.17) is 5.26 Å². The highest BCUT2D eigenvalue weighted by molar-refractivity contribution is 5.56. The third-order valence-electron chi connectivity index (χ3n) is 2.42. The molecule has 2 heterocycles. The normalized spacial score (nSPS) is 10.1. The van der Waals surface area contributed by atoms with E-state index in [0.717, 1.165) is 24.2 Å². The predicted molar refractivity (Wildman–Crippen MR) is 63.1 cm³/mol. The van der Waals surface area contributed by atoms with Gasteiger partial charge in [0, 0.05) is 37.0 Å². The van der Waals surface area contributed by atoms with Gasteiger partial charge in [-0.2, -0.15) is 5.26 Å². The fraction of sp³-hybridized carbons (Fsp3) is 0.250. The summed E-state index contributed by atoms with van der Waals surface area (Å²) in [7, 11) is 0. The fourth-order valence-corrected chi connectivity index (χ4v) is 1.54. The van der Waals surface area contributed by atoms with Crippen molar-refractivity contribution in [3.63, 3.8) is 0 Å². The van der Waals surface area contributed by atoms with Crippen molar-refractivity contribution in [1.82, 2.24) is 14.5 Å². The molecule has 0 fully saturated rings. The molecule has 0 amide bonds. The van der Waals surface area contributed by atoms with Crippen LogP contribution >= 0.6 is 0 Å². The molecule has 0 atom stereocenters. The van der Waals surface area contributed by atoms with Gasteiger partial charge in [0.2, 0.25) is 5.56 Å². The van der Waals surface area contributed by atoms with Crippen molar-refractivity contribution in [2.75, 3.05) is 0 Å². The molecule has 1 N–H and O–H groups in total. The highest BCUT2D eigenvalue weighted by atomic mass is 16.1. The molecule has 86 valence electrons. The Hall–Kier alpha value is -2.35. The zero-order valence-electron chi connectivity index (χ0n) is 9.26. The van der Waals surface area contributed by atoms with Gasteiger partial charge in [-0.3, -0.25) is 4.79 Å². The molecule has 2 aromatic rings. The molecule has 0 aliphatic carbocycles. The van der Waals surface area contributed by atoms with Gasteiger partial charge in [0.15, 0.2) is 0 Å². The smallest absolute Gasteiger partial charge is 0.247 e. The molecule has 0 saturated carbocycles. The minimum absolute atomic E-state index is 0.123. The molecule has 5 nitrogen and oxygen atoms in total. The molecule has 2 rings (SSSR count). The van der Waals surface area contributed by atoms with Gasteiger partial charge < -0.3 is 9.55 Å². The van der Waals surface area contributed by atoms with Crippen molar-refractivity contribution in [2.45, 2.75) is 19.4 Å². The lowest BCUT2D eigenvalue weighted by Crippen LogP contribution is -2.01. The van der Waals surface area contributed by atoms with Gasteiger partial charge in [0.25, 0.3) is 0 Å². The fourth-order valence-electron chi connectivity index (χ4n) is 1.54. The van der Waals surface area contributed by atoms with Crippen LogP contribution in [0.2, 0.25) is 0 Å². The molecule has 0 spiro atoms. The number of nitriles is 1. The summed E-state index contributed by atoms with van der Waals surface area (Å²) in [6.07, 6.45) is 6.65. The van der Waals surface area contributed by atoms with Crippen LogP contribution in [0, 0.1) is 11.3 Å². The molecule has 17 heavy (non-hydrogen) atoms. The molecule has 0 saturated heterocycles. The monoisotopic (exact) mass is 228 g/mol. The van der Waals surface area contributed by atoms with E-state index < -0.39 is 0 Å². The lowest BCUT2D eigenvalue weighted by Gasteiger charge is -1.97. The highest BCUT2D eigenvalue weighted by Gasteiger charge is 2.01. The van der Waals surface area contributed by atoms with Crippen LogP contribution in [-0.4, -0.2) is 14.5 Å². The first kappa shape index (κ1) is 11.1. The largest absolute Gasteiger partial charge is 0.337 e. The maximum Gasteiger partial charge on any atom is 0.247 e. The van der Waals surface area contributed by atoms with Crippen molar-refractivity contribution in [2.24, 2.45) is 0 Å².